The molecule has 1 unspecified atom stereocenters. The lowest BCUT2D eigenvalue weighted by atomic mass is 9.95. The number of hydrogen-bond acceptors (Lipinski definition) is 5. The van der Waals surface area contributed by atoms with Gasteiger partial charge in [0, 0.05) is 38.0 Å². The van der Waals surface area contributed by atoms with Crippen LogP contribution in [-0.4, -0.2) is 49.3 Å². The van der Waals surface area contributed by atoms with E-state index in [9.17, 15) is 9.59 Å². The van der Waals surface area contributed by atoms with Gasteiger partial charge in [0.25, 0.3) is 0 Å². The van der Waals surface area contributed by atoms with Crippen molar-refractivity contribution in [3.05, 3.63) is 23.8 Å². The number of carbonyl (C=O) groups excluding carboxylic acids is 2. The molecule has 0 aliphatic carbocycles. The van der Waals surface area contributed by atoms with E-state index in [1.54, 1.807) is 16.7 Å². The summed E-state index contributed by atoms with van der Waals surface area (Å²) in [6.07, 6.45) is -0.617. The predicted octanol–water partition coefficient (Wildman–Crippen LogP) is 3.22. The van der Waals surface area contributed by atoms with E-state index >= 15 is 0 Å². The van der Waals surface area contributed by atoms with Gasteiger partial charge in [-0.1, -0.05) is 6.07 Å². The van der Waals surface area contributed by atoms with Crippen molar-refractivity contribution in [3.63, 3.8) is 0 Å². The first kappa shape index (κ1) is 23.2. The zero-order chi connectivity index (χ0) is 21.9. The standard InChI is InChI=1S/C22H36N4O3/c1-14(2)29-21(28)25-13-15(3)26(16(4)27)19-9-8-17(10-20(19)25)18(11-23)12-24-22(5,6)7/h8-10,14-15,18,24H,11-13,23H2,1-7H3/t15-,18?/m0/s1. The number of nitrogens with zero attached hydrogens (tertiary/aromatic N) is 2. The molecule has 162 valence electrons. The summed E-state index contributed by atoms with van der Waals surface area (Å²) < 4.78 is 5.46. The second-order valence-electron chi connectivity index (χ2n) is 9.09. The van der Waals surface area contributed by atoms with E-state index in [2.05, 4.69) is 26.1 Å². The maximum atomic E-state index is 12.8. The summed E-state index contributed by atoms with van der Waals surface area (Å²) in [6.45, 7) is 15.1. The third-order valence-corrected chi connectivity index (χ3v) is 4.97. The van der Waals surface area contributed by atoms with E-state index in [0.29, 0.717) is 18.8 Å². The first-order valence-corrected chi connectivity index (χ1v) is 10.3. The van der Waals surface area contributed by atoms with Crippen molar-refractivity contribution in [3.8, 4) is 0 Å². The van der Waals surface area contributed by atoms with E-state index in [0.717, 1.165) is 17.8 Å². The lowest BCUT2D eigenvalue weighted by Crippen LogP contribution is -2.51. The summed E-state index contributed by atoms with van der Waals surface area (Å²) in [6, 6.07) is 5.75. The molecule has 0 radical (unpaired) electrons. The van der Waals surface area contributed by atoms with Crippen molar-refractivity contribution in [2.45, 2.75) is 72.1 Å². The fourth-order valence-electron chi connectivity index (χ4n) is 3.58. The highest BCUT2D eigenvalue weighted by atomic mass is 16.6. The minimum absolute atomic E-state index is 0.0183. The Kier molecular flexibility index (Phi) is 7.30. The third-order valence-electron chi connectivity index (χ3n) is 4.97. The molecule has 1 aromatic carbocycles. The Labute approximate surface area is 174 Å². The molecule has 2 amide bonds. The van der Waals surface area contributed by atoms with Crippen molar-refractivity contribution in [2.75, 3.05) is 29.4 Å². The Balaban J connectivity index is 2.45. The number of amides is 2. The highest BCUT2D eigenvalue weighted by Crippen LogP contribution is 2.38. The van der Waals surface area contributed by atoms with Gasteiger partial charge in [-0.05, 0) is 59.2 Å². The van der Waals surface area contributed by atoms with E-state index in [1.807, 2.05) is 39.0 Å². The monoisotopic (exact) mass is 404 g/mol. The maximum Gasteiger partial charge on any atom is 0.414 e. The SMILES string of the molecule is CC(=O)N1c2ccc(C(CN)CNC(C)(C)C)cc2N(C(=O)OC(C)C)C[C@@H]1C. The van der Waals surface area contributed by atoms with Crippen molar-refractivity contribution in [1.82, 2.24) is 5.32 Å². The van der Waals surface area contributed by atoms with Gasteiger partial charge >= 0.3 is 6.09 Å². The Hall–Kier alpha value is -2.12. The molecule has 0 aromatic heterocycles. The Morgan fingerprint density at radius 2 is 1.93 bits per heavy atom. The molecule has 0 spiro atoms. The molecule has 2 atom stereocenters. The smallest absolute Gasteiger partial charge is 0.414 e. The second kappa shape index (κ2) is 9.13. The molecule has 1 aromatic rings. The molecule has 0 fully saturated rings. The zero-order valence-corrected chi connectivity index (χ0v) is 18.8. The van der Waals surface area contributed by atoms with E-state index in [-0.39, 0.29) is 29.5 Å². The zero-order valence-electron chi connectivity index (χ0n) is 18.8. The van der Waals surface area contributed by atoms with Crippen LogP contribution in [0.4, 0.5) is 16.2 Å². The summed E-state index contributed by atoms with van der Waals surface area (Å²) >= 11 is 0. The third kappa shape index (κ3) is 5.70. The van der Waals surface area contributed by atoms with Crippen molar-refractivity contribution < 1.29 is 14.3 Å². The molecule has 1 aliphatic rings. The molecule has 2 rings (SSSR count). The van der Waals surface area contributed by atoms with Gasteiger partial charge < -0.3 is 20.7 Å². The minimum atomic E-state index is -0.398. The first-order chi connectivity index (χ1) is 13.4. The second-order valence-corrected chi connectivity index (χ2v) is 9.09. The topological polar surface area (TPSA) is 87.9 Å². The Morgan fingerprint density at radius 1 is 1.28 bits per heavy atom. The number of ether oxygens (including phenoxy) is 1. The van der Waals surface area contributed by atoms with Crippen molar-refractivity contribution >= 4 is 23.4 Å². The summed E-state index contributed by atoms with van der Waals surface area (Å²) in [4.78, 5) is 28.4. The summed E-state index contributed by atoms with van der Waals surface area (Å²) in [5, 5.41) is 3.50. The number of nitrogens with one attached hydrogen (secondary N) is 1. The number of nitrogens with two attached hydrogens (primary N) is 1. The Bertz CT molecular complexity index is 742. The van der Waals surface area contributed by atoms with Gasteiger partial charge in [0.05, 0.1) is 23.5 Å². The van der Waals surface area contributed by atoms with Gasteiger partial charge in [-0.25, -0.2) is 4.79 Å². The molecule has 0 saturated carbocycles. The lowest BCUT2D eigenvalue weighted by molar-refractivity contribution is -0.117. The normalized spacial score (nSPS) is 17.9. The molecule has 29 heavy (non-hydrogen) atoms. The fourth-order valence-corrected chi connectivity index (χ4v) is 3.58. The first-order valence-electron chi connectivity index (χ1n) is 10.3. The van der Waals surface area contributed by atoms with Crippen LogP contribution in [0, 0.1) is 0 Å². The number of hydrogen-bond donors (Lipinski definition) is 2. The number of anilines is 2. The van der Waals surface area contributed by atoms with Gasteiger partial charge in [0.2, 0.25) is 5.91 Å². The largest absolute Gasteiger partial charge is 0.446 e. The number of fused-ring (bicyclic) bond motifs is 1. The Morgan fingerprint density at radius 3 is 2.45 bits per heavy atom. The minimum Gasteiger partial charge on any atom is -0.446 e. The quantitative estimate of drug-likeness (QED) is 0.787. The number of carbonyl (C=O) groups is 2. The van der Waals surface area contributed by atoms with Crippen LogP contribution in [0.5, 0.6) is 0 Å². The average Bonchev–Trinajstić information content (AvgIpc) is 2.59. The maximum absolute atomic E-state index is 12.8. The van der Waals surface area contributed by atoms with Crippen molar-refractivity contribution in [2.24, 2.45) is 5.73 Å². The van der Waals surface area contributed by atoms with E-state index < -0.39 is 6.09 Å². The number of benzene rings is 1. The fraction of sp³-hybridized carbons (Fsp3) is 0.636. The molecule has 0 bridgehead atoms. The van der Waals surface area contributed by atoms with Crippen LogP contribution in [0.15, 0.2) is 18.2 Å². The highest BCUT2D eigenvalue weighted by molar-refractivity contribution is 6.02. The summed E-state index contributed by atoms with van der Waals surface area (Å²) in [7, 11) is 0. The molecule has 7 nitrogen and oxygen atoms in total. The molecule has 3 N–H and O–H groups in total. The number of rotatable bonds is 5. The van der Waals surface area contributed by atoms with Gasteiger partial charge in [-0.15, -0.1) is 0 Å². The lowest BCUT2D eigenvalue weighted by Gasteiger charge is -2.40. The molecular formula is C22H36N4O3. The van der Waals surface area contributed by atoms with Crippen LogP contribution < -0.4 is 20.9 Å². The van der Waals surface area contributed by atoms with Crippen molar-refractivity contribution in [1.29, 1.82) is 0 Å². The van der Waals surface area contributed by atoms with Crippen LogP contribution in [0.25, 0.3) is 0 Å². The molecule has 7 heteroatoms. The van der Waals surface area contributed by atoms with Crippen LogP contribution in [0.3, 0.4) is 0 Å². The summed E-state index contributed by atoms with van der Waals surface area (Å²) in [5.41, 5.74) is 8.48. The molecule has 1 aliphatic heterocycles. The van der Waals surface area contributed by atoms with Gasteiger partial charge in [0.15, 0.2) is 0 Å². The average molecular weight is 405 g/mol. The van der Waals surface area contributed by atoms with E-state index in [1.165, 1.54) is 0 Å². The van der Waals surface area contributed by atoms with Gasteiger partial charge in [-0.2, -0.15) is 0 Å². The molecular weight excluding hydrogens is 368 g/mol. The van der Waals surface area contributed by atoms with Gasteiger partial charge in [0.1, 0.15) is 0 Å². The van der Waals surface area contributed by atoms with Crippen LogP contribution >= 0.6 is 0 Å². The predicted molar refractivity (Wildman–Crippen MR) is 118 cm³/mol. The van der Waals surface area contributed by atoms with Gasteiger partial charge in [-0.3, -0.25) is 9.69 Å². The molecule has 0 saturated heterocycles. The van der Waals surface area contributed by atoms with Crippen LogP contribution in [0.1, 0.15) is 59.9 Å². The van der Waals surface area contributed by atoms with E-state index in [4.69, 9.17) is 10.5 Å². The molecule has 1 heterocycles. The highest BCUT2D eigenvalue weighted by Gasteiger charge is 2.35. The summed E-state index contributed by atoms with van der Waals surface area (Å²) in [5.74, 6) is 0.0424. The van der Waals surface area contributed by atoms with Crippen LogP contribution in [-0.2, 0) is 9.53 Å². The van der Waals surface area contributed by atoms with Crippen LogP contribution in [0.2, 0.25) is 0 Å².